The topological polar surface area (TPSA) is 84.5 Å². The van der Waals surface area contributed by atoms with Gasteiger partial charge in [0.1, 0.15) is 5.75 Å². The molecule has 2 aromatic rings. The van der Waals surface area contributed by atoms with Crippen molar-refractivity contribution in [2.24, 2.45) is 0 Å². The van der Waals surface area contributed by atoms with Crippen LogP contribution in [-0.4, -0.2) is 27.2 Å². The standard InChI is InChI=1S/C15H14N2O4S2/c1-21-11-4-2-10(3-5-11)17-23(19,20)12-6-7-14-13(8-12)16-15(18)9-22-14/h2-8,17H,9H2,1H3,(H,16,18). The zero-order chi connectivity index (χ0) is 16.4. The summed E-state index contributed by atoms with van der Waals surface area (Å²) in [7, 11) is -2.19. The number of amides is 1. The first-order chi connectivity index (χ1) is 11.0. The van der Waals surface area contributed by atoms with Crippen molar-refractivity contribution in [2.45, 2.75) is 9.79 Å². The molecule has 23 heavy (non-hydrogen) atoms. The summed E-state index contributed by atoms with van der Waals surface area (Å²) in [5.41, 5.74) is 0.950. The summed E-state index contributed by atoms with van der Waals surface area (Å²) in [5.74, 6) is 0.838. The third kappa shape index (κ3) is 3.43. The number of carbonyl (C=O) groups excluding carboxylic acids is 1. The third-order valence-corrected chi connectivity index (χ3v) is 5.69. The van der Waals surface area contributed by atoms with Gasteiger partial charge in [0, 0.05) is 10.6 Å². The molecular formula is C15H14N2O4S2. The summed E-state index contributed by atoms with van der Waals surface area (Å²) >= 11 is 1.38. The van der Waals surface area contributed by atoms with E-state index < -0.39 is 10.0 Å². The Kier molecular flexibility index (Phi) is 4.18. The van der Waals surface area contributed by atoms with Gasteiger partial charge in [-0.3, -0.25) is 9.52 Å². The highest BCUT2D eigenvalue weighted by molar-refractivity contribution is 8.00. The van der Waals surface area contributed by atoms with Crippen molar-refractivity contribution in [3.8, 4) is 5.75 Å². The Balaban J connectivity index is 1.87. The smallest absolute Gasteiger partial charge is 0.261 e. The van der Waals surface area contributed by atoms with Crippen molar-refractivity contribution < 1.29 is 17.9 Å². The highest BCUT2D eigenvalue weighted by atomic mass is 32.2. The van der Waals surface area contributed by atoms with Crippen LogP contribution in [0.1, 0.15) is 0 Å². The number of sulfonamides is 1. The van der Waals surface area contributed by atoms with Gasteiger partial charge >= 0.3 is 0 Å². The Bertz CT molecular complexity index is 848. The van der Waals surface area contributed by atoms with Crippen LogP contribution in [0.2, 0.25) is 0 Å². The number of benzene rings is 2. The average Bonchev–Trinajstić information content (AvgIpc) is 2.54. The van der Waals surface area contributed by atoms with Crippen LogP contribution in [-0.2, 0) is 14.8 Å². The lowest BCUT2D eigenvalue weighted by molar-refractivity contribution is -0.113. The van der Waals surface area contributed by atoms with Crippen molar-refractivity contribution in [3.05, 3.63) is 42.5 Å². The van der Waals surface area contributed by atoms with E-state index in [1.807, 2.05) is 0 Å². The molecule has 1 heterocycles. The van der Waals surface area contributed by atoms with Crippen LogP contribution in [0.25, 0.3) is 0 Å². The summed E-state index contributed by atoms with van der Waals surface area (Å²) in [6.45, 7) is 0. The molecule has 1 amide bonds. The molecule has 1 aliphatic rings. The number of anilines is 2. The number of nitrogens with one attached hydrogen (secondary N) is 2. The molecule has 0 aromatic heterocycles. The number of carbonyl (C=O) groups is 1. The van der Waals surface area contributed by atoms with Gasteiger partial charge in [-0.1, -0.05) is 0 Å². The number of ether oxygens (including phenoxy) is 1. The molecule has 0 bridgehead atoms. The minimum absolute atomic E-state index is 0.0925. The number of hydrogen-bond donors (Lipinski definition) is 2. The van der Waals surface area contributed by atoms with Crippen LogP contribution in [0.4, 0.5) is 11.4 Å². The van der Waals surface area contributed by atoms with Crippen molar-refractivity contribution in [1.29, 1.82) is 0 Å². The maximum absolute atomic E-state index is 12.5. The molecule has 0 unspecified atom stereocenters. The molecule has 6 nitrogen and oxygen atoms in total. The van der Waals surface area contributed by atoms with Crippen molar-refractivity contribution in [1.82, 2.24) is 0 Å². The monoisotopic (exact) mass is 350 g/mol. The van der Waals surface area contributed by atoms with E-state index >= 15 is 0 Å². The molecule has 8 heteroatoms. The number of methoxy groups -OCH3 is 1. The van der Waals surface area contributed by atoms with E-state index in [2.05, 4.69) is 10.0 Å². The zero-order valence-electron chi connectivity index (χ0n) is 12.2. The lowest BCUT2D eigenvalue weighted by Gasteiger charge is -2.17. The van der Waals surface area contributed by atoms with Crippen LogP contribution in [0.15, 0.2) is 52.3 Å². The number of fused-ring (bicyclic) bond motifs is 1. The molecule has 0 radical (unpaired) electrons. The number of rotatable bonds is 4. The molecule has 3 rings (SSSR count). The second kappa shape index (κ2) is 6.13. The van der Waals surface area contributed by atoms with Gasteiger partial charge in [0.15, 0.2) is 0 Å². The van der Waals surface area contributed by atoms with Crippen LogP contribution < -0.4 is 14.8 Å². The van der Waals surface area contributed by atoms with Gasteiger partial charge in [0.05, 0.1) is 23.4 Å². The molecule has 1 aliphatic heterocycles. The first kappa shape index (κ1) is 15.7. The van der Waals surface area contributed by atoms with E-state index in [0.717, 1.165) is 4.90 Å². The summed E-state index contributed by atoms with van der Waals surface area (Å²) in [5, 5.41) is 2.68. The van der Waals surface area contributed by atoms with Crippen molar-refractivity contribution in [3.63, 3.8) is 0 Å². The molecule has 0 fully saturated rings. The first-order valence-electron chi connectivity index (χ1n) is 6.71. The van der Waals surface area contributed by atoms with E-state index in [4.69, 9.17) is 4.74 Å². The van der Waals surface area contributed by atoms with E-state index in [9.17, 15) is 13.2 Å². The summed E-state index contributed by atoms with van der Waals surface area (Å²) in [4.78, 5) is 12.4. The Hall–Kier alpha value is -2.19. The van der Waals surface area contributed by atoms with Gasteiger partial charge in [-0.15, -0.1) is 11.8 Å². The molecule has 0 saturated carbocycles. The normalized spacial score (nSPS) is 13.9. The van der Waals surface area contributed by atoms with E-state index in [0.29, 0.717) is 22.9 Å². The average molecular weight is 350 g/mol. The second-order valence-corrected chi connectivity index (χ2v) is 7.53. The van der Waals surface area contributed by atoms with Crippen LogP contribution >= 0.6 is 11.8 Å². The van der Waals surface area contributed by atoms with Gasteiger partial charge in [-0.05, 0) is 42.5 Å². The predicted octanol–water partition coefficient (Wildman–Crippen LogP) is 2.54. The van der Waals surface area contributed by atoms with Crippen LogP contribution in [0.3, 0.4) is 0 Å². The summed E-state index contributed by atoms with van der Waals surface area (Å²) < 4.78 is 32.5. The molecular weight excluding hydrogens is 336 g/mol. The molecule has 0 aliphatic carbocycles. The number of thioether (sulfide) groups is 1. The molecule has 0 atom stereocenters. The molecule has 2 N–H and O–H groups in total. The Labute approximate surface area is 138 Å². The summed E-state index contributed by atoms with van der Waals surface area (Å²) in [6, 6.07) is 11.3. The fourth-order valence-corrected chi connectivity index (χ4v) is 3.98. The van der Waals surface area contributed by atoms with E-state index in [1.54, 1.807) is 37.4 Å². The fourth-order valence-electron chi connectivity index (χ4n) is 2.10. The minimum atomic E-state index is -3.74. The van der Waals surface area contributed by atoms with Gasteiger partial charge in [0.2, 0.25) is 5.91 Å². The van der Waals surface area contributed by atoms with E-state index in [1.165, 1.54) is 23.9 Å². The van der Waals surface area contributed by atoms with Crippen LogP contribution in [0, 0.1) is 0 Å². The fraction of sp³-hybridized carbons (Fsp3) is 0.133. The second-order valence-electron chi connectivity index (χ2n) is 4.83. The van der Waals surface area contributed by atoms with Gasteiger partial charge in [-0.2, -0.15) is 0 Å². The van der Waals surface area contributed by atoms with Gasteiger partial charge in [0.25, 0.3) is 10.0 Å². The maximum Gasteiger partial charge on any atom is 0.261 e. The van der Waals surface area contributed by atoms with Crippen LogP contribution in [0.5, 0.6) is 5.75 Å². The van der Waals surface area contributed by atoms with Crippen molar-refractivity contribution >= 4 is 39.1 Å². The molecule has 120 valence electrons. The lowest BCUT2D eigenvalue weighted by Crippen LogP contribution is -2.20. The Morgan fingerprint density at radius 2 is 1.91 bits per heavy atom. The summed E-state index contributed by atoms with van der Waals surface area (Å²) in [6.07, 6.45) is 0. The SMILES string of the molecule is COc1ccc(NS(=O)(=O)c2ccc3c(c2)NC(=O)CS3)cc1. The lowest BCUT2D eigenvalue weighted by atomic mass is 10.3. The van der Waals surface area contributed by atoms with Crippen molar-refractivity contribution in [2.75, 3.05) is 22.9 Å². The quantitative estimate of drug-likeness (QED) is 0.885. The Morgan fingerprint density at radius 1 is 1.17 bits per heavy atom. The maximum atomic E-state index is 12.5. The molecule has 0 spiro atoms. The highest BCUT2D eigenvalue weighted by Gasteiger charge is 2.20. The zero-order valence-corrected chi connectivity index (χ0v) is 13.8. The third-order valence-electron chi connectivity index (χ3n) is 3.24. The highest BCUT2D eigenvalue weighted by Crippen LogP contribution is 2.33. The largest absolute Gasteiger partial charge is 0.497 e. The molecule has 0 saturated heterocycles. The minimum Gasteiger partial charge on any atom is -0.497 e. The molecule has 2 aromatic carbocycles. The van der Waals surface area contributed by atoms with Gasteiger partial charge in [-0.25, -0.2) is 8.42 Å². The predicted molar refractivity (Wildman–Crippen MR) is 89.6 cm³/mol. The number of hydrogen-bond acceptors (Lipinski definition) is 5. The van der Waals surface area contributed by atoms with E-state index in [-0.39, 0.29) is 10.8 Å². The first-order valence-corrected chi connectivity index (χ1v) is 9.18. The Morgan fingerprint density at radius 3 is 2.61 bits per heavy atom. The van der Waals surface area contributed by atoms with Gasteiger partial charge < -0.3 is 10.1 Å².